The molecule has 3 N–H and O–H groups in total. The summed E-state index contributed by atoms with van der Waals surface area (Å²) in [6, 6.07) is 15.0. The smallest absolute Gasteiger partial charge is 0.328 e. The van der Waals surface area contributed by atoms with E-state index < -0.39 is 24.0 Å². The minimum absolute atomic E-state index is 0.283. The zero-order valence-electron chi connectivity index (χ0n) is 20.1. The van der Waals surface area contributed by atoms with Crippen LogP contribution in [-0.4, -0.2) is 42.0 Å². The molecule has 0 unspecified atom stereocenters. The van der Waals surface area contributed by atoms with E-state index in [1.807, 2.05) is 36.5 Å². The Morgan fingerprint density at radius 2 is 1.66 bits per heavy atom. The largest absolute Gasteiger partial charge is 0.467 e. The number of fused-ring (bicyclic) bond motifs is 1. The minimum atomic E-state index is -0.861. The van der Waals surface area contributed by atoms with E-state index in [1.165, 1.54) is 13.5 Å². The van der Waals surface area contributed by atoms with Gasteiger partial charge in [0.25, 0.3) is 5.91 Å². The number of amides is 2. The number of carbonyl (C=O) groups is 3. The maximum atomic E-state index is 13.5. The van der Waals surface area contributed by atoms with E-state index in [2.05, 4.69) is 15.6 Å². The quantitative estimate of drug-likeness (QED) is 0.405. The molecule has 0 aliphatic heterocycles. The highest BCUT2D eigenvalue weighted by Crippen LogP contribution is 2.28. The molecule has 1 aliphatic rings. The molecule has 1 saturated carbocycles. The van der Waals surface area contributed by atoms with Crippen LogP contribution in [-0.2, 0) is 20.7 Å². The molecule has 4 rings (SSSR count). The first-order valence-corrected chi connectivity index (χ1v) is 12.3. The molecule has 3 aromatic rings. The van der Waals surface area contributed by atoms with Gasteiger partial charge in [0.05, 0.1) is 7.11 Å². The first-order chi connectivity index (χ1) is 17.0. The Morgan fingerprint density at radius 3 is 2.40 bits per heavy atom. The number of nitrogens with one attached hydrogen (secondary N) is 3. The van der Waals surface area contributed by atoms with Gasteiger partial charge in [-0.05, 0) is 36.1 Å². The third-order valence-corrected chi connectivity index (χ3v) is 6.85. The van der Waals surface area contributed by atoms with E-state index in [0.29, 0.717) is 17.9 Å². The van der Waals surface area contributed by atoms with Gasteiger partial charge in [0.1, 0.15) is 12.1 Å². The number of esters is 1. The van der Waals surface area contributed by atoms with Gasteiger partial charge in [0.15, 0.2) is 0 Å². The van der Waals surface area contributed by atoms with Crippen molar-refractivity contribution >= 4 is 28.7 Å². The molecule has 7 nitrogen and oxygen atoms in total. The van der Waals surface area contributed by atoms with Gasteiger partial charge in [-0.1, -0.05) is 68.5 Å². The number of methoxy groups -OCH3 is 1. The Labute approximate surface area is 205 Å². The summed E-state index contributed by atoms with van der Waals surface area (Å²) in [7, 11) is 1.34. The van der Waals surface area contributed by atoms with E-state index in [1.54, 1.807) is 24.3 Å². The van der Waals surface area contributed by atoms with Gasteiger partial charge >= 0.3 is 5.97 Å². The van der Waals surface area contributed by atoms with Crippen LogP contribution in [0.25, 0.3) is 10.9 Å². The van der Waals surface area contributed by atoms with Gasteiger partial charge in [-0.2, -0.15) is 0 Å². The van der Waals surface area contributed by atoms with Gasteiger partial charge in [-0.15, -0.1) is 0 Å². The molecular formula is C28H33N3O4. The fourth-order valence-electron chi connectivity index (χ4n) is 4.95. The van der Waals surface area contributed by atoms with Crippen molar-refractivity contribution in [2.45, 2.75) is 57.0 Å². The molecular weight excluding hydrogens is 442 g/mol. The average molecular weight is 476 g/mol. The van der Waals surface area contributed by atoms with Gasteiger partial charge in [-0.25, -0.2) is 4.79 Å². The van der Waals surface area contributed by atoms with Crippen molar-refractivity contribution in [2.24, 2.45) is 5.92 Å². The van der Waals surface area contributed by atoms with E-state index >= 15 is 0 Å². The van der Waals surface area contributed by atoms with Crippen LogP contribution in [0.1, 0.15) is 54.4 Å². The molecule has 35 heavy (non-hydrogen) atoms. The highest BCUT2D eigenvalue weighted by Gasteiger charge is 2.30. The van der Waals surface area contributed by atoms with Crippen LogP contribution >= 0.6 is 0 Å². The molecule has 0 spiro atoms. The lowest BCUT2D eigenvalue weighted by Crippen LogP contribution is -2.53. The fourth-order valence-corrected chi connectivity index (χ4v) is 4.95. The number of para-hydroxylation sites is 1. The molecule has 0 radical (unpaired) electrons. The van der Waals surface area contributed by atoms with Gasteiger partial charge in [0, 0.05) is 29.1 Å². The second-order valence-corrected chi connectivity index (χ2v) is 9.28. The molecule has 2 amide bonds. The lowest BCUT2D eigenvalue weighted by molar-refractivity contribution is -0.145. The van der Waals surface area contributed by atoms with Crippen molar-refractivity contribution in [1.29, 1.82) is 0 Å². The number of rotatable bonds is 9. The van der Waals surface area contributed by atoms with Crippen LogP contribution in [0.2, 0.25) is 0 Å². The van der Waals surface area contributed by atoms with Crippen molar-refractivity contribution in [3.8, 4) is 0 Å². The Bertz CT molecular complexity index is 1150. The number of H-pyrrole nitrogens is 1. The molecule has 2 atom stereocenters. The van der Waals surface area contributed by atoms with Crippen LogP contribution in [0, 0.1) is 5.92 Å². The summed E-state index contributed by atoms with van der Waals surface area (Å²) in [6.45, 7) is 0. The minimum Gasteiger partial charge on any atom is -0.467 e. The Kier molecular flexibility index (Phi) is 8.19. The Balaban J connectivity index is 1.54. The average Bonchev–Trinajstić information content (AvgIpc) is 3.31. The summed E-state index contributed by atoms with van der Waals surface area (Å²) in [4.78, 5) is 42.2. The van der Waals surface area contributed by atoms with Crippen molar-refractivity contribution in [3.05, 3.63) is 71.9 Å². The van der Waals surface area contributed by atoms with Crippen LogP contribution < -0.4 is 10.6 Å². The van der Waals surface area contributed by atoms with Crippen molar-refractivity contribution in [3.63, 3.8) is 0 Å². The first kappa shape index (κ1) is 24.5. The monoisotopic (exact) mass is 475 g/mol. The van der Waals surface area contributed by atoms with Crippen LogP contribution in [0.4, 0.5) is 0 Å². The number of hydrogen-bond acceptors (Lipinski definition) is 4. The number of carbonyl (C=O) groups excluding carboxylic acids is 3. The number of benzene rings is 2. The summed E-state index contributed by atoms with van der Waals surface area (Å²) >= 11 is 0. The van der Waals surface area contributed by atoms with Crippen molar-refractivity contribution in [2.75, 3.05) is 7.11 Å². The molecule has 1 fully saturated rings. The molecule has 2 aromatic carbocycles. The topological polar surface area (TPSA) is 100 Å². The molecule has 0 saturated heterocycles. The lowest BCUT2D eigenvalue weighted by Gasteiger charge is -2.27. The number of aromatic amines is 1. The third-order valence-electron chi connectivity index (χ3n) is 6.85. The molecule has 0 bridgehead atoms. The zero-order chi connectivity index (χ0) is 24.6. The predicted octanol–water partition coefficient (Wildman–Crippen LogP) is 4.14. The summed E-state index contributed by atoms with van der Waals surface area (Å²) in [5.74, 6) is -0.818. The fraction of sp³-hybridized carbons (Fsp3) is 0.393. The van der Waals surface area contributed by atoms with Crippen LogP contribution in [0.3, 0.4) is 0 Å². The van der Waals surface area contributed by atoms with Crippen molar-refractivity contribution < 1.29 is 19.1 Å². The van der Waals surface area contributed by atoms with E-state index in [4.69, 9.17) is 4.74 Å². The van der Waals surface area contributed by atoms with Gasteiger partial charge < -0.3 is 20.4 Å². The lowest BCUT2D eigenvalue weighted by atomic mass is 9.84. The SMILES string of the molecule is COC(=O)[C@@H](CC1CCCCC1)NC(=O)[C@H](Cc1c[nH]c2ccccc12)NC(=O)c1ccccc1. The molecule has 1 heterocycles. The Morgan fingerprint density at radius 1 is 0.943 bits per heavy atom. The molecule has 1 aromatic heterocycles. The van der Waals surface area contributed by atoms with Crippen LogP contribution in [0.15, 0.2) is 60.8 Å². The second-order valence-electron chi connectivity index (χ2n) is 9.28. The zero-order valence-corrected chi connectivity index (χ0v) is 20.1. The number of ether oxygens (including phenoxy) is 1. The summed E-state index contributed by atoms with van der Waals surface area (Å²) in [5, 5.41) is 6.77. The highest BCUT2D eigenvalue weighted by molar-refractivity contribution is 5.98. The van der Waals surface area contributed by atoms with Gasteiger partial charge in [-0.3, -0.25) is 9.59 Å². The molecule has 1 aliphatic carbocycles. The van der Waals surface area contributed by atoms with Crippen LogP contribution in [0.5, 0.6) is 0 Å². The van der Waals surface area contributed by atoms with E-state index in [0.717, 1.165) is 42.1 Å². The maximum absolute atomic E-state index is 13.5. The maximum Gasteiger partial charge on any atom is 0.328 e. The van der Waals surface area contributed by atoms with E-state index in [-0.39, 0.29) is 12.3 Å². The second kappa shape index (κ2) is 11.7. The third kappa shape index (κ3) is 6.29. The standard InChI is InChI=1S/C28H33N3O4/c1-35-28(34)25(16-19-10-4-2-5-11-19)31-27(33)24(30-26(32)20-12-6-3-7-13-20)17-21-18-29-23-15-9-8-14-22(21)23/h3,6-9,12-15,18-19,24-25,29H,2,4-5,10-11,16-17H2,1H3,(H,30,32)(H,31,33)/t24-,25+/m0/s1. The molecule has 7 heteroatoms. The number of hydrogen-bond donors (Lipinski definition) is 3. The normalized spacial score (nSPS) is 15.8. The summed E-state index contributed by atoms with van der Waals surface area (Å²) < 4.78 is 5.00. The predicted molar refractivity (Wildman–Crippen MR) is 135 cm³/mol. The summed E-state index contributed by atoms with van der Waals surface area (Å²) in [5.41, 5.74) is 2.34. The van der Waals surface area contributed by atoms with E-state index in [9.17, 15) is 14.4 Å². The Hall–Kier alpha value is -3.61. The summed E-state index contributed by atoms with van der Waals surface area (Å²) in [6.07, 6.45) is 8.28. The van der Waals surface area contributed by atoms with Gasteiger partial charge in [0.2, 0.25) is 5.91 Å². The highest BCUT2D eigenvalue weighted by atomic mass is 16.5. The van der Waals surface area contributed by atoms with Crippen molar-refractivity contribution in [1.82, 2.24) is 15.6 Å². The molecule has 184 valence electrons. The first-order valence-electron chi connectivity index (χ1n) is 12.3. The number of aromatic nitrogens is 1.